The third-order valence-corrected chi connectivity index (χ3v) is 9.88. The second-order valence-corrected chi connectivity index (χ2v) is 13.9. The minimum atomic E-state index is -4.28. The van der Waals surface area contributed by atoms with E-state index in [4.69, 9.17) is 10.7 Å². The average molecular weight is 598 g/mol. The van der Waals surface area contributed by atoms with Crippen LogP contribution < -0.4 is 5.73 Å². The van der Waals surface area contributed by atoms with Crippen LogP contribution in [0, 0.1) is 17.8 Å². The maximum Gasteiger partial charge on any atom is 0.401 e. The van der Waals surface area contributed by atoms with Crippen LogP contribution in [0.5, 0.6) is 0 Å². The van der Waals surface area contributed by atoms with Crippen molar-refractivity contribution in [3.05, 3.63) is 48.2 Å². The molecular weight excluding hydrogens is 555 g/mol. The molecule has 2 aliphatic carbocycles. The first-order valence-electron chi connectivity index (χ1n) is 15.3. The van der Waals surface area contributed by atoms with Crippen LogP contribution in [0.15, 0.2) is 36.8 Å². The Bertz CT molecular complexity index is 1580. The van der Waals surface area contributed by atoms with E-state index in [9.17, 15) is 18.3 Å². The first-order chi connectivity index (χ1) is 20.3. The summed E-state index contributed by atoms with van der Waals surface area (Å²) in [7, 11) is 0. The number of benzene rings is 1. The summed E-state index contributed by atoms with van der Waals surface area (Å²) in [6, 6.07) is 7.78. The SMILES string of the molecule is C[C@@H]1[C@@H](CN(CC(F)(F)F)C2CC(CCc3nc4cc(C(C)(C)C)ccc4[nH]3)C2)C[C@@H](n2ccc3c(N)ncnc32)[C@@H]1O. The van der Waals surface area contributed by atoms with Crippen molar-refractivity contribution in [1.29, 1.82) is 0 Å². The fraction of sp³-hybridized carbons (Fsp3) is 0.594. The van der Waals surface area contributed by atoms with Crippen LogP contribution in [0.1, 0.15) is 70.8 Å². The highest BCUT2D eigenvalue weighted by molar-refractivity contribution is 5.86. The van der Waals surface area contributed by atoms with Crippen molar-refractivity contribution in [1.82, 2.24) is 29.4 Å². The number of nitrogen functional groups attached to an aromatic ring is 1. The molecule has 0 bridgehead atoms. The van der Waals surface area contributed by atoms with E-state index in [1.807, 2.05) is 23.8 Å². The number of nitrogens with one attached hydrogen (secondary N) is 1. The van der Waals surface area contributed by atoms with Crippen LogP contribution in [-0.2, 0) is 11.8 Å². The van der Waals surface area contributed by atoms with Crippen molar-refractivity contribution >= 4 is 27.9 Å². The van der Waals surface area contributed by atoms with Crippen LogP contribution in [0.2, 0.25) is 0 Å². The highest BCUT2D eigenvalue weighted by atomic mass is 19.4. The van der Waals surface area contributed by atoms with E-state index in [2.05, 4.69) is 53.9 Å². The van der Waals surface area contributed by atoms with Crippen molar-refractivity contribution in [3.8, 4) is 0 Å². The number of rotatable bonds is 8. The van der Waals surface area contributed by atoms with Gasteiger partial charge in [0.25, 0.3) is 0 Å². The smallest absolute Gasteiger partial charge is 0.391 e. The molecule has 6 rings (SSSR count). The molecule has 0 unspecified atom stereocenters. The number of alkyl halides is 3. The maximum atomic E-state index is 13.7. The van der Waals surface area contributed by atoms with E-state index in [1.54, 1.807) is 4.90 Å². The van der Waals surface area contributed by atoms with Gasteiger partial charge in [-0.05, 0) is 72.6 Å². The Morgan fingerprint density at radius 1 is 1.12 bits per heavy atom. The monoisotopic (exact) mass is 597 g/mol. The number of imidazole rings is 1. The average Bonchev–Trinajstić information content (AvgIpc) is 3.58. The van der Waals surface area contributed by atoms with Crippen LogP contribution in [-0.4, -0.2) is 65.9 Å². The molecule has 4 N–H and O–H groups in total. The van der Waals surface area contributed by atoms with E-state index in [0.29, 0.717) is 35.7 Å². The number of anilines is 1. The lowest BCUT2D eigenvalue weighted by Gasteiger charge is -2.44. The summed E-state index contributed by atoms with van der Waals surface area (Å²) in [4.78, 5) is 18.2. The summed E-state index contributed by atoms with van der Waals surface area (Å²) in [6.07, 6.45) is 2.00. The van der Waals surface area contributed by atoms with E-state index in [0.717, 1.165) is 42.5 Å². The topological polar surface area (TPSA) is 109 Å². The van der Waals surface area contributed by atoms with Crippen molar-refractivity contribution in [2.75, 3.05) is 18.8 Å². The molecular formula is C32H42F3N7O. The van der Waals surface area contributed by atoms with Crippen LogP contribution in [0.25, 0.3) is 22.1 Å². The molecule has 0 amide bonds. The van der Waals surface area contributed by atoms with Gasteiger partial charge in [0.2, 0.25) is 0 Å². The zero-order chi connectivity index (χ0) is 30.7. The standard InChI is InChI=1S/C32H42F3N7O/c1-18-20(13-26(28(18)43)42-10-9-23-29(36)37-17-38-30(23)42)15-41(16-32(33,34)35)22-11-19(12-22)5-8-27-39-24-7-6-21(31(2,3)4)14-25(24)40-27/h6-7,9-10,14,17-20,22,26,28,43H,5,8,11-13,15-16H2,1-4H3,(H,39,40)(H2,36,37,38)/t18-,19?,20-,22?,26-,28-/m1/s1. The number of aromatic amines is 1. The zero-order valence-electron chi connectivity index (χ0n) is 25.3. The number of aliphatic hydroxyl groups is 1. The van der Waals surface area contributed by atoms with E-state index >= 15 is 0 Å². The highest BCUT2D eigenvalue weighted by Gasteiger charge is 2.45. The van der Waals surface area contributed by atoms with E-state index in [-0.39, 0.29) is 29.3 Å². The van der Waals surface area contributed by atoms with E-state index in [1.165, 1.54) is 11.9 Å². The van der Waals surface area contributed by atoms with Crippen LogP contribution in [0.4, 0.5) is 19.0 Å². The summed E-state index contributed by atoms with van der Waals surface area (Å²) < 4.78 is 43.1. The molecule has 2 aliphatic rings. The molecule has 2 fully saturated rings. The van der Waals surface area contributed by atoms with Gasteiger partial charge >= 0.3 is 6.18 Å². The number of aryl methyl sites for hydroxylation is 1. The number of hydrogen-bond donors (Lipinski definition) is 3. The number of halogens is 3. The van der Waals surface area contributed by atoms with Gasteiger partial charge in [-0.15, -0.1) is 0 Å². The molecule has 4 aromatic rings. The summed E-state index contributed by atoms with van der Waals surface area (Å²) in [6.45, 7) is 7.87. The quantitative estimate of drug-likeness (QED) is 0.229. The molecule has 0 radical (unpaired) electrons. The summed E-state index contributed by atoms with van der Waals surface area (Å²) in [5, 5.41) is 11.9. The van der Waals surface area contributed by atoms with Gasteiger partial charge in [0.05, 0.1) is 35.1 Å². The summed E-state index contributed by atoms with van der Waals surface area (Å²) in [5.41, 5.74) is 9.89. The molecule has 3 aromatic heterocycles. The first-order valence-corrected chi connectivity index (χ1v) is 15.3. The van der Waals surface area contributed by atoms with Crippen molar-refractivity contribution in [2.45, 2.75) is 89.6 Å². The second kappa shape index (κ2) is 11.1. The Balaban J connectivity index is 1.08. The molecule has 1 aromatic carbocycles. The summed E-state index contributed by atoms with van der Waals surface area (Å²) in [5.74, 6) is 1.44. The third-order valence-electron chi connectivity index (χ3n) is 9.88. The van der Waals surface area contributed by atoms with Gasteiger partial charge < -0.3 is 20.4 Å². The minimum absolute atomic E-state index is 0.0476. The fourth-order valence-corrected chi connectivity index (χ4v) is 7.16. The molecule has 0 aliphatic heterocycles. The minimum Gasteiger partial charge on any atom is -0.391 e. The number of fused-ring (bicyclic) bond motifs is 2. The highest BCUT2D eigenvalue weighted by Crippen LogP contribution is 2.44. The predicted molar refractivity (Wildman–Crippen MR) is 162 cm³/mol. The van der Waals surface area contributed by atoms with Gasteiger partial charge in [-0.2, -0.15) is 13.2 Å². The fourth-order valence-electron chi connectivity index (χ4n) is 7.16. The summed E-state index contributed by atoms with van der Waals surface area (Å²) >= 11 is 0. The number of nitrogens with two attached hydrogens (primary N) is 1. The van der Waals surface area contributed by atoms with Crippen LogP contribution in [0.3, 0.4) is 0 Å². The molecule has 11 heteroatoms. The lowest BCUT2D eigenvalue weighted by molar-refractivity contribution is -0.159. The lowest BCUT2D eigenvalue weighted by atomic mass is 9.76. The molecule has 0 spiro atoms. The molecule has 2 saturated carbocycles. The Morgan fingerprint density at radius 2 is 1.88 bits per heavy atom. The third kappa shape index (κ3) is 6.11. The maximum absolute atomic E-state index is 13.7. The number of aliphatic hydroxyl groups excluding tert-OH is 1. The number of nitrogens with zero attached hydrogens (tertiary/aromatic N) is 5. The Kier molecular flexibility index (Phi) is 7.69. The largest absolute Gasteiger partial charge is 0.401 e. The number of hydrogen-bond acceptors (Lipinski definition) is 6. The molecule has 0 saturated heterocycles. The predicted octanol–water partition coefficient (Wildman–Crippen LogP) is 6.02. The molecule has 4 atom stereocenters. The molecule has 232 valence electrons. The van der Waals surface area contributed by atoms with Gasteiger partial charge in [-0.3, -0.25) is 4.90 Å². The van der Waals surface area contributed by atoms with Crippen LogP contribution >= 0.6 is 0 Å². The van der Waals surface area contributed by atoms with Gasteiger partial charge in [-0.1, -0.05) is 33.8 Å². The van der Waals surface area contributed by atoms with E-state index < -0.39 is 18.8 Å². The Labute approximate surface area is 249 Å². The normalized spacial score (nSPS) is 26.5. The molecule has 43 heavy (non-hydrogen) atoms. The number of H-pyrrole nitrogens is 1. The van der Waals surface area contributed by atoms with Gasteiger partial charge in [0.1, 0.15) is 23.6 Å². The zero-order valence-corrected chi connectivity index (χ0v) is 25.3. The Morgan fingerprint density at radius 3 is 2.60 bits per heavy atom. The van der Waals surface area contributed by atoms with Gasteiger partial charge in [0.15, 0.2) is 0 Å². The first kappa shape index (κ1) is 29.9. The van der Waals surface area contributed by atoms with Crippen molar-refractivity contribution in [3.63, 3.8) is 0 Å². The molecule has 8 nitrogen and oxygen atoms in total. The van der Waals surface area contributed by atoms with Gasteiger partial charge in [0, 0.05) is 25.2 Å². The number of aromatic nitrogens is 5. The van der Waals surface area contributed by atoms with Crippen molar-refractivity contribution in [2.24, 2.45) is 17.8 Å². The lowest BCUT2D eigenvalue weighted by Crippen LogP contribution is -2.50. The van der Waals surface area contributed by atoms with Gasteiger partial charge in [-0.25, -0.2) is 15.0 Å². The second-order valence-electron chi connectivity index (χ2n) is 13.9. The Hall–Kier alpha value is -3.18. The van der Waals surface area contributed by atoms with Crippen molar-refractivity contribution < 1.29 is 18.3 Å². The molecule has 3 heterocycles.